The Morgan fingerprint density at radius 1 is 1.13 bits per heavy atom. The lowest BCUT2D eigenvalue weighted by molar-refractivity contribution is -0.136. The molecule has 2 saturated heterocycles. The molecule has 2 amide bonds. The Hall–Kier alpha value is -0.810. The Labute approximate surface area is 145 Å². The molecule has 1 N–H and O–H groups in total. The highest BCUT2D eigenvalue weighted by Gasteiger charge is 2.40. The topological polar surface area (TPSA) is 52.7 Å². The van der Waals surface area contributed by atoms with Gasteiger partial charge in [-0.15, -0.1) is 12.4 Å². The molecule has 23 heavy (non-hydrogen) atoms. The summed E-state index contributed by atoms with van der Waals surface area (Å²) < 4.78 is 0. The highest BCUT2D eigenvalue weighted by molar-refractivity contribution is 5.89. The molecule has 1 saturated carbocycles. The van der Waals surface area contributed by atoms with Gasteiger partial charge < -0.3 is 15.1 Å². The molecule has 2 aliphatic heterocycles. The van der Waals surface area contributed by atoms with Crippen LogP contribution in [0.1, 0.15) is 46.0 Å². The molecule has 5 nitrogen and oxygen atoms in total. The molecule has 2 atom stereocenters. The summed E-state index contributed by atoms with van der Waals surface area (Å²) in [6, 6.07) is 0.731. The summed E-state index contributed by atoms with van der Waals surface area (Å²) in [4.78, 5) is 29.0. The van der Waals surface area contributed by atoms with Crippen LogP contribution in [0.4, 0.5) is 0 Å². The third-order valence-electron chi connectivity index (χ3n) is 5.61. The van der Waals surface area contributed by atoms with Gasteiger partial charge >= 0.3 is 0 Å². The van der Waals surface area contributed by atoms with E-state index in [0.29, 0.717) is 25.0 Å². The first-order valence-electron chi connectivity index (χ1n) is 8.86. The van der Waals surface area contributed by atoms with Crippen molar-refractivity contribution in [1.29, 1.82) is 0 Å². The Balaban J connectivity index is 0.00000192. The summed E-state index contributed by atoms with van der Waals surface area (Å²) >= 11 is 0. The minimum Gasteiger partial charge on any atom is -0.340 e. The summed E-state index contributed by atoms with van der Waals surface area (Å²) in [7, 11) is 0. The van der Waals surface area contributed by atoms with Crippen LogP contribution >= 0.6 is 12.4 Å². The van der Waals surface area contributed by atoms with Crippen molar-refractivity contribution in [2.24, 2.45) is 11.8 Å². The molecule has 3 aliphatic rings. The molecule has 0 aromatic rings. The summed E-state index contributed by atoms with van der Waals surface area (Å²) in [5.74, 6) is 1.06. The van der Waals surface area contributed by atoms with Crippen LogP contribution in [0.2, 0.25) is 0 Å². The fraction of sp³-hybridized carbons (Fsp3) is 0.882. The number of rotatable bonds is 2. The smallest absolute Gasteiger partial charge is 0.228 e. The van der Waals surface area contributed by atoms with Crippen molar-refractivity contribution in [1.82, 2.24) is 15.1 Å². The third-order valence-corrected chi connectivity index (χ3v) is 5.61. The molecule has 2 unspecified atom stereocenters. The van der Waals surface area contributed by atoms with E-state index in [9.17, 15) is 9.59 Å². The third kappa shape index (κ3) is 4.18. The molecular formula is C17H30ClN3O2. The quantitative estimate of drug-likeness (QED) is 0.829. The van der Waals surface area contributed by atoms with Crippen molar-refractivity contribution in [2.45, 2.75) is 58.0 Å². The zero-order chi connectivity index (χ0) is 15.7. The molecule has 0 aromatic carbocycles. The van der Waals surface area contributed by atoms with E-state index < -0.39 is 0 Å². The summed E-state index contributed by atoms with van der Waals surface area (Å²) in [6.07, 6.45) is 5.06. The van der Waals surface area contributed by atoms with Gasteiger partial charge in [0.2, 0.25) is 11.8 Å². The van der Waals surface area contributed by atoms with Crippen molar-refractivity contribution in [3.8, 4) is 0 Å². The summed E-state index contributed by atoms with van der Waals surface area (Å²) in [5, 5.41) is 3.36. The molecule has 132 valence electrons. The van der Waals surface area contributed by atoms with Crippen LogP contribution in [0, 0.1) is 11.8 Å². The number of nitrogens with one attached hydrogen (secondary N) is 1. The second-order valence-electron chi connectivity index (χ2n) is 7.50. The first kappa shape index (κ1) is 18.5. The van der Waals surface area contributed by atoms with Gasteiger partial charge in [-0.05, 0) is 38.5 Å². The zero-order valence-corrected chi connectivity index (χ0v) is 15.1. The fourth-order valence-electron chi connectivity index (χ4n) is 4.19. The van der Waals surface area contributed by atoms with Crippen molar-refractivity contribution >= 4 is 24.2 Å². The van der Waals surface area contributed by atoms with Gasteiger partial charge in [0, 0.05) is 44.7 Å². The molecule has 0 radical (unpaired) electrons. The van der Waals surface area contributed by atoms with Gasteiger partial charge in [-0.2, -0.15) is 0 Å². The molecule has 1 aliphatic carbocycles. The number of piperazine rings is 1. The number of hydrogen-bond donors (Lipinski definition) is 1. The normalized spacial score (nSPS) is 35.1. The van der Waals surface area contributed by atoms with Crippen LogP contribution in [-0.2, 0) is 9.59 Å². The first-order valence-corrected chi connectivity index (χ1v) is 8.86. The van der Waals surface area contributed by atoms with Gasteiger partial charge in [-0.25, -0.2) is 0 Å². The number of carbonyl (C=O) groups excluding carboxylic acids is 2. The molecule has 2 heterocycles. The Kier molecular flexibility index (Phi) is 6.32. The Morgan fingerprint density at radius 3 is 2.48 bits per heavy atom. The van der Waals surface area contributed by atoms with Gasteiger partial charge in [0.05, 0.1) is 5.92 Å². The molecule has 0 bridgehead atoms. The number of carbonyl (C=O) groups is 2. The molecule has 6 heteroatoms. The zero-order valence-electron chi connectivity index (χ0n) is 14.3. The standard InChI is InChI=1S/C17H29N3O2.ClH/c1-12-3-5-15(6-4-12)20-11-14(9-16(20)21)17(22)19-8-7-18-13(2)10-19;/h12-15,18H,3-11H2,1-2H3;1H. The molecule has 0 spiro atoms. The van der Waals surface area contributed by atoms with E-state index in [1.807, 2.05) is 9.80 Å². The molecular weight excluding hydrogens is 314 g/mol. The van der Waals surface area contributed by atoms with Gasteiger partial charge in [-0.1, -0.05) is 6.92 Å². The van der Waals surface area contributed by atoms with Crippen LogP contribution in [-0.4, -0.2) is 59.9 Å². The van der Waals surface area contributed by atoms with Crippen molar-refractivity contribution in [3.63, 3.8) is 0 Å². The molecule has 3 rings (SSSR count). The minimum atomic E-state index is -0.114. The van der Waals surface area contributed by atoms with E-state index in [4.69, 9.17) is 0 Å². The highest BCUT2D eigenvalue weighted by atomic mass is 35.5. The van der Waals surface area contributed by atoms with E-state index in [1.54, 1.807) is 0 Å². The number of amides is 2. The largest absolute Gasteiger partial charge is 0.340 e. The van der Waals surface area contributed by atoms with Gasteiger partial charge in [-0.3, -0.25) is 9.59 Å². The van der Waals surface area contributed by atoms with E-state index in [2.05, 4.69) is 19.2 Å². The molecule has 0 aromatic heterocycles. The van der Waals surface area contributed by atoms with E-state index in [-0.39, 0.29) is 30.1 Å². The van der Waals surface area contributed by atoms with Crippen LogP contribution < -0.4 is 5.32 Å². The van der Waals surface area contributed by atoms with E-state index in [0.717, 1.165) is 38.4 Å². The van der Waals surface area contributed by atoms with Crippen molar-refractivity contribution in [2.75, 3.05) is 26.2 Å². The number of likely N-dealkylation sites (tertiary alicyclic amines) is 1. The molecule has 3 fully saturated rings. The lowest BCUT2D eigenvalue weighted by atomic mass is 9.86. The predicted octanol–water partition coefficient (Wildman–Crippen LogP) is 1.66. The predicted molar refractivity (Wildman–Crippen MR) is 92.5 cm³/mol. The number of nitrogens with zero attached hydrogens (tertiary/aromatic N) is 2. The van der Waals surface area contributed by atoms with Crippen LogP contribution in [0.25, 0.3) is 0 Å². The lowest BCUT2D eigenvalue weighted by Gasteiger charge is -2.35. The van der Waals surface area contributed by atoms with E-state index >= 15 is 0 Å². The number of hydrogen-bond acceptors (Lipinski definition) is 3. The first-order chi connectivity index (χ1) is 10.5. The SMILES string of the molecule is CC1CCC(N2CC(C(=O)N3CCNC(C)C3)CC2=O)CC1.Cl. The second-order valence-corrected chi connectivity index (χ2v) is 7.50. The van der Waals surface area contributed by atoms with Crippen LogP contribution in [0.15, 0.2) is 0 Å². The average molecular weight is 344 g/mol. The van der Waals surface area contributed by atoms with Crippen molar-refractivity contribution < 1.29 is 9.59 Å². The maximum absolute atomic E-state index is 12.7. The number of halogens is 1. The monoisotopic (exact) mass is 343 g/mol. The minimum absolute atomic E-state index is 0. The maximum Gasteiger partial charge on any atom is 0.228 e. The van der Waals surface area contributed by atoms with E-state index in [1.165, 1.54) is 12.8 Å². The highest BCUT2D eigenvalue weighted by Crippen LogP contribution is 2.31. The Morgan fingerprint density at radius 2 is 1.83 bits per heavy atom. The van der Waals surface area contributed by atoms with Crippen LogP contribution in [0.5, 0.6) is 0 Å². The fourth-order valence-corrected chi connectivity index (χ4v) is 4.19. The lowest BCUT2D eigenvalue weighted by Crippen LogP contribution is -2.53. The van der Waals surface area contributed by atoms with Gasteiger partial charge in [0.25, 0.3) is 0 Å². The summed E-state index contributed by atoms with van der Waals surface area (Å²) in [5.41, 5.74) is 0. The van der Waals surface area contributed by atoms with Gasteiger partial charge in [0.15, 0.2) is 0 Å². The average Bonchev–Trinajstić information content (AvgIpc) is 2.89. The van der Waals surface area contributed by atoms with Gasteiger partial charge in [0.1, 0.15) is 0 Å². The maximum atomic E-state index is 12.7. The Bertz CT molecular complexity index is 438. The van der Waals surface area contributed by atoms with Crippen molar-refractivity contribution in [3.05, 3.63) is 0 Å². The van der Waals surface area contributed by atoms with Crippen LogP contribution in [0.3, 0.4) is 0 Å². The summed E-state index contributed by atoms with van der Waals surface area (Å²) in [6.45, 7) is 7.45. The second kappa shape index (κ2) is 7.84.